The van der Waals surface area contributed by atoms with Crippen LogP contribution in [0.3, 0.4) is 0 Å². The second-order valence-electron chi connectivity index (χ2n) is 9.41. The highest BCUT2D eigenvalue weighted by molar-refractivity contribution is 5.65. The first-order valence-electron chi connectivity index (χ1n) is 11.9. The van der Waals surface area contributed by atoms with E-state index in [0.29, 0.717) is 18.1 Å². The maximum atomic E-state index is 15.0. The lowest BCUT2D eigenvalue weighted by molar-refractivity contribution is -0.190. The van der Waals surface area contributed by atoms with Crippen molar-refractivity contribution in [3.8, 4) is 16.9 Å². The molecule has 1 aliphatic rings. The molecule has 0 saturated heterocycles. The molecule has 37 heavy (non-hydrogen) atoms. The molecule has 0 atom stereocenters. The number of rotatable bonds is 6. The van der Waals surface area contributed by atoms with Crippen molar-refractivity contribution >= 4 is 0 Å². The van der Waals surface area contributed by atoms with Crippen LogP contribution >= 0.6 is 0 Å². The minimum Gasteiger partial charge on any atom is -0.428 e. The van der Waals surface area contributed by atoms with E-state index in [1.807, 2.05) is 0 Å². The third kappa shape index (κ3) is 5.31. The van der Waals surface area contributed by atoms with Gasteiger partial charge in [0, 0.05) is 17.2 Å². The van der Waals surface area contributed by atoms with Crippen LogP contribution in [0.2, 0.25) is 0 Å². The van der Waals surface area contributed by atoms with Gasteiger partial charge in [-0.3, -0.25) is 0 Å². The van der Waals surface area contributed by atoms with Crippen LogP contribution in [-0.4, -0.2) is 0 Å². The molecule has 0 heterocycles. The summed E-state index contributed by atoms with van der Waals surface area (Å²) in [6, 6.07) is 5.52. The fourth-order valence-corrected chi connectivity index (χ4v) is 4.89. The fourth-order valence-electron chi connectivity index (χ4n) is 4.89. The van der Waals surface area contributed by atoms with Crippen molar-refractivity contribution in [2.45, 2.75) is 58.0 Å². The lowest BCUT2D eigenvalue weighted by Gasteiger charge is -2.28. The Morgan fingerprint density at radius 1 is 0.784 bits per heavy atom. The van der Waals surface area contributed by atoms with Crippen LogP contribution in [0.15, 0.2) is 36.4 Å². The zero-order chi connectivity index (χ0) is 27.1. The van der Waals surface area contributed by atoms with Crippen LogP contribution in [-0.2, 0) is 6.11 Å². The molecule has 0 aliphatic heterocycles. The van der Waals surface area contributed by atoms with Gasteiger partial charge in [0.15, 0.2) is 17.5 Å². The largest absolute Gasteiger partial charge is 0.432 e. The third-order valence-electron chi connectivity index (χ3n) is 7.13. The molecule has 3 aromatic rings. The Morgan fingerprint density at radius 3 is 1.97 bits per heavy atom. The van der Waals surface area contributed by atoms with Crippen molar-refractivity contribution in [1.82, 2.24) is 0 Å². The molecule has 1 aliphatic carbocycles. The van der Waals surface area contributed by atoms with Gasteiger partial charge in [-0.1, -0.05) is 25.5 Å². The molecule has 1 saturated carbocycles. The normalized spacial score (nSPS) is 18.2. The zero-order valence-corrected chi connectivity index (χ0v) is 20.1. The van der Waals surface area contributed by atoms with Gasteiger partial charge in [0.2, 0.25) is 0 Å². The number of benzene rings is 3. The van der Waals surface area contributed by atoms with Crippen molar-refractivity contribution in [3.63, 3.8) is 0 Å². The first kappa shape index (κ1) is 26.9. The molecule has 0 unspecified atom stereocenters. The smallest absolute Gasteiger partial charge is 0.428 e. The molecule has 0 aromatic heterocycles. The average Bonchev–Trinajstić information content (AvgIpc) is 2.85. The average molecular weight is 528 g/mol. The lowest BCUT2D eigenvalue weighted by Crippen LogP contribution is -2.26. The highest BCUT2D eigenvalue weighted by atomic mass is 19.3. The quantitative estimate of drug-likeness (QED) is 0.229. The Hall–Kier alpha value is -3.10. The van der Waals surface area contributed by atoms with Crippen LogP contribution < -0.4 is 4.74 Å². The zero-order valence-electron chi connectivity index (χ0n) is 20.1. The number of alkyl halides is 2. The maximum absolute atomic E-state index is 15.0. The number of halogens is 8. The van der Waals surface area contributed by atoms with E-state index in [2.05, 4.69) is 11.7 Å². The Balaban J connectivity index is 1.62. The number of ether oxygens (including phenoxy) is 1. The first-order valence-corrected chi connectivity index (χ1v) is 11.9. The van der Waals surface area contributed by atoms with Gasteiger partial charge in [-0.15, -0.1) is 0 Å². The van der Waals surface area contributed by atoms with E-state index in [1.165, 1.54) is 12.1 Å². The van der Waals surface area contributed by atoms with Crippen LogP contribution in [0.1, 0.15) is 61.6 Å². The summed E-state index contributed by atoms with van der Waals surface area (Å²) >= 11 is 0. The standard InChI is InChI=1S/C28H24F8O/c1-3-15-4-6-16(7-5-15)17-8-9-19(20(29)10-17)18-11-21(30)25(22(31)12-18)28(35,36)37-24-13-23(32)27(34)26(33)14(24)2/h8-13,15-16H,3-7H2,1-2H3. The molecule has 0 N–H and O–H groups in total. The molecule has 1 fully saturated rings. The summed E-state index contributed by atoms with van der Waals surface area (Å²) in [7, 11) is 0. The number of hydrogen-bond acceptors (Lipinski definition) is 1. The van der Waals surface area contributed by atoms with Gasteiger partial charge in [-0.2, -0.15) is 8.78 Å². The summed E-state index contributed by atoms with van der Waals surface area (Å²) in [5.41, 5.74) is -2.39. The van der Waals surface area contributed by atoms with Crippen LogP contribution in [0.25, 0.3) is 11.1 Å². The maximum Gasteiger partial charge on any atom is 0.432 e. The molecule has 4 rings (SSSR count). The third-order valence-corrected chi connectivity index (χ3v) is 7.13. The summed E-state index contributed by atoms with van der Waals surface area (Å²) in [6.07, 6.45) is 0.255. The summed E-state index contributed by atoms with van der Waals surface area (Å²) < 4.78 is 119. The molecule has 3 aromatic carbocycles. The van der Waals surface area contributed by atoms with Crippen molar-refractivity contribution < 1.29 is 39.9 Å². The van der Waals surface area contributed by atoms with Gasteiger partial charge in [-0.05, 0) is 73.8 Å². The minimum absolute atomic E-state index is 0.150. The monoisotopic (exact) mass is 528 g/mol. The molecule has 1 nitrogen and oxygen atoms in total. The van der Waals surface area contributed by atoms with Crippen LogP contribution in [0.5, 0.6) is 5.75 Å². The van der Waals surface area contributed by atoms with Crippen molar-refractivity contribution in [1.29, 1.82) is 0 Å². The molecule has 9 heteroatoms. The molecule has 0 spiro atoms. The summed E-state index contributed by atoms with van der Waals surface area (Å²) in [5, 5.41) is 0. The second kappa shape index (κ2) is 10.3. The van der Waals surface area contributed by atoms with Crippen molar-refractivity contribution in [3.05, 3.63) is 88.0 Å². The summed E-state index contributed by atoms with van der Waals surface area (Å²) in [5.74, 6) is -10.1. The Kier molecular flexibility index (Phi) is 7.53. The molecular weight excluding hydrogens is 504 g/mol. The highest BCUT2D eigenvalue weighted by Gasteiger charge is 2.42. The predicted molar refractivity (Wildman–Crippen MR) is 122 cm³/mol. The highest BCUT2D eigenvalue weighted by Crippen LogP contribution is 2.41. The van der Waals surface area contributed by atoms with Gasteiger partial charge in [0.25, 0.3) is 0 Å². The van der Waals surface area contributed by atoms with Gasteiger partial charge in [0.1, 0.15) is 28.8 Å². The van der Waals surface area contributed by atoms with Gasteiger partial charge >= 0.3 is 6.11 Å². The van der Waals surface area contributed by atoms with E-state index < -0.39 is 57.9 Å². The van der Waals surface area contributed by atoms with Gasteiger partial charge in [-0.25, -0.2) is 26.3 Å². The topological polar surface area (TPSA) is 9.23 Å². The van der Waals surface area contributed by atoms with Gasteiger partial charge < -0.3 is 4.74 Å². The lowest BCUT2D eigenvalue weighted by atomic mass is 9.77. The Morgan fingerprint density at radius 2 is 1.41 bits per heavy atom. The van der Waals surface area contributed by atoms with E-state index in [0.717, 1.165) is 44.6 Å². The van der Waals surface area contributed by atoms with Gasteiger partial charge in [0.05, 0.1) is 0 Å². The van der Waals surface area contributed by atoms with E-state index in [1.54, 1.807) is 6.07 Å². The first-order chi connectivity index (χ1) is 17.4. The fraction of sp³-hybridized carbons (Fsp3) is 0.357. The molecular formula is C28H24F8O. The van der Waals surface area contributed by atoms with E-state index in [-0.39, 0.29) is 23.1 Å². The van der Waals surface area contributed by atoms with E-state index in [9.17, 15) is 35.1 Å². The SMILES string of the molecule is CCC1CCC(c2ccc(-c3cc(F)c(C(F)(F)Oc4cc(F)c(F)c(F)c4C)c(F)c3)c(F)c2)CC1. The van der Waals surface area contributed by atoms with Crippen LogP contribution in [0, 0.1) is 47.7 Å². The predicted octanol–water partition coefficient (Wildman–Crippen LogP) is 9.31. The second-order valence-corrected chi connectivity index (χ2v) is 9.41. The van der Waals surface area contributed by atoms with Crippen LogP contribution in [0.4, 0.5) is 35.1 Å². The van der Waals surface area contributed by atoms with Crippen molar-refractivity contribution in [2.75, 3.05) is 0 Å². The summed E-state index contributed by atoms with van der Waals surface area (Å²) in [4.78, 5) is 0. The minimum atomic E-state index is -4.73. The molecule has 0 radical (unpaired) electrons. The molecule has 198 valence electrons. The van der Waals surface area contributed by atoms with E-state index >= 15 is 0 Å². The molecule has 0 bridgehead atoms. The number of hydrogen-bond donors (Lipinski definition) is 0. The summed E-state index contributed by atoms with van der Waals surface area (Å²) in [6.45, 7) is 2.97. The van der Waals surface area contributed by atoms with Crippen molar-refractivity contribution in [2.24, 2.45) is 5.92 Å². The Labute approximate surface area is 209 Å². The molecule has 0 amide bonds. The van der Waals surface area contributed by atoms with E-state index in [4.69, 9.17) is 0 Å². The Bertz CT molecular complexity index is 1290.